The monoisotopic (exact) mass is 285 g/mol. The third-order valence-electron chi connectivity index (χ3n) is 3.64. The molecule has 1 aromatic carbocycles. The van der Waals surface area contributed by atoms with Crippen LogP contribution in [0.15, 0.2) is 30.5 Å². The molecule has 0 spiro atoms. The zero-order chi connectivity index (χ0) is 15.2. The highest BCUT2D eigenvalue weighted by atomic mass is 16.1. The maximum atomic E-state index is 12.5. The van der Waals surface area contributed by atoms with Crippen LogP contribution in [0.4, 0.5) is 5.82 Å². The first-order valence-electron chi connectivity index (χ1n) is 7.53. The summed E-state index contributed by atoms with van der Waals surface area (Å²) in [7, 11) is 1.83. The van der Waals surface area contributed by atoms with Crippen molar-refractivity contribution in [3.05, 3.63) is 36.0 Å². The Morgan fingerprint density at radius 2 is 2.00 bits per heavy atom. The largest absolute Gasteiger partial charge is 0.373 e. The Morgan fingerprint density at radius 1 is 1.29 bits per heavy atom. The van der Waals surface area contributed by atoms with Crippen molar-refractivity contribution in [1.29, 1.82) is 0 Å². The van der Waals surface area contributed by atoms with E-state index in [9.17, 15) is 4.79 Å². The highest BCUT2D eigenvalue weighted by Gasteiger charge is 2.14. The quantitative estimate of drug-likeness (QED) is 0.853. The van der Waals surface area contributed by atoms with Crippen LogP contribution in [0.3, 0.4) is 0 Å². The Labute approximate surface area is 126 Å². The van der Waals surface area contributed by atoms with E-state index in [-0.39, 0.29) is 11.9 Å². The van der Waals surface area contributed by atoms with Crippen LogP contribution in [0.1, 0.15) is 43.5 Å². The summed E-state index contributed by atoms with van der Waals surface area (Å²) in [6.45, 7) is 4.20. The molecule has 0 aliphatic rings. The van der Waals surface area contributed by atoms with Gasteiger partial charge in [-0.25, -0.2) is 4.98 Å². The molecule has 1 unspecified atom stereocenters. The summed E-state index contributed by atoms with van der Waals surface area (Å²) >= 11 is 0. The zero-order valence-corrected chi connectivity index (χ0v) is 12.9. The molecular weight excluding hydrogens is 262 g/mol. The Bertz CT molecular complexity index is 624. The number of carbonyl (C=O) groups is 1. The molecule has 0 saturated heterocycles. The predicted octanol–water partition coefficient (Wildman–Crippen LogP) is 3.59. The van der Waals surface area contributed by atoms with Crippen molar-refractivity contribution >= 4 is 22.5 Å². The van der Waals surface area contributed by atoms with Crippen molar-refractivity contribution in [2.75, 3.05) is 12.4 Å². The van der Waals surface area contributed by atoms with E-state index in [1.807, 2.05) is 38.2 Å². The second-order valence-electron chi connectivity index (χ2n) is 5.33. The number of carbonyl (C=O) groups excluding carboxylic acids is 1. The number of hydrogen-bond acceptors (Lipinski definition) is 3. The summed E-state index contributed by atoms with van der Waals surface area (Å²) < 4.78 is 0. The summed E-state index contributed by atoms with van der Waals surface area (Å²) in [5.41, 5.74) is 0.632. The lowest BCUT2D eigenvalue weighted by atomic mass is 10.1. The van der Waals surface area contributed by atoms with Crippen LogP contribution >= 0.6 is 0 Å². The average molecular weight is 285 g/mol. The Hall–Kier alpha value is -2.10. The summed E-state index contributed by atoms with van der Waals surface area (Å²) in [6.07, 6.45) is 4.92. The van der Waals surface area contributed by atoms with Gasteiger partial charge in [0.05, 0.1) is 5.56 Å². The maximum Gasteiger partial charge on any atom is 0.253 e. The molecule has 0 aliphatic carbocycles. The van der Waals surface area contributed by atoms with Crippen LogP contribution in [-0.4, -0.2) is 24.0 Å². The zero-order valence-electron chi connectivity index (χ0n) is 12.9. The maximum absolute atomic E-state index is 12.5. The number of unbranched alkanes of at least 4 members (excludes halogenated alkanes) is 1. The van der Waals surface area contributed by atoms with E-state index in [1.54, 1.807) is 6.20 Å². The molecule has 1 aromatic heterocycles. The minimum atomic E-state index is -0.0510. The topological polar surface area (TPSA) is 54.0 Å². The van der Waals surface area contributed by atoms with Crippen LogP contribution in [0.2, 0.25) is 0 Å². The van der Waals surface area contributed by atoms with E-state index in [1.165, 1.54) is 0 Å². The molecule has 1 atom stereocenters. The number of fused-ring (bicyclic) bond motifs is 1. The standard InChI is InChI=1S/C17H23N3O/c1-4-5-8-12(2)20-17(21)15-11-19-16(18-3)14-10-7-6-9-13(14)15/h6-7,9-12H,4-5,8H2,1-3H3,(H,18,19)(H,20,21). The fourth-order valence-corrected chi connectivity index (χ4v) is 2.46. The minimum Gasteiger partial charge on any atom is -0.373 e. The Morgan fingerprint density at radius 3 is 2.67 bits per heavy atom. The number of aromatic nitrogens is 1. The molecule has 2 rings (SSSR count). The molecule has 0 aliphatic heterocycles. The Kier molecular flexibility index (Phi) is 5.14. The Balaban J connectivity index is 2.28. The highest BCUT2D eigenvalue weighted by molar-refractivity contribution is 6.09. The molecule has 1 amide bonds. The lowest BCUT2D eigenvalue weighted by Gasteiger charge is -2.15. The van der Waals surface area contributed by atoms with Crippen molar-refractivity contribution in [3.63, 3.8) is 0 Å². The van der Waals surface area contributed by atoms with Gasteiger partial charge in [-0.3, -0.25) is 4.79 Å². The smallest absolute Gasteiger partial charge is 0.253 e. The normalized spacial score (nSPS) is 12.1. The van der Waals surface area contributed by atoms with Gasteiger partial charge in [0.15, 0.2) is 0 Å². The van der Waals surface area contributed by atoms with Gasteiger partial charge >= 0.3 is 0 Å². The molecule has 4 heteroatoms. The fraction of sp³-hybridized carbons (Fsp3) is 0.412. The molecule has 0 fully saturated rings. The molecule has 0 saturated carbocycles. The minimum absolute atomic E-state index is 0.0510. The van der Waals surface area contributed by atoms with E-state index in [0.717, 1.165) is 35.9 Å². The van der Waals surface area contributed by atoms with Crippen LogP contribution in [0, 0.1) is 0 Å². The van der Waals surface area contributed by atoms with Crippen molar-refractivity contribution in [1.82, 2.24) is 10.3 Å². The number of benzene rings is 1. The average Bonchev–Trinajstić information content (AvgIpc) is 2.51. The van der Waals surface area contributed by atoms with Gasteiger partial charge in [-0.1, -0.05) is 44.0 Å². The van der Waals surface area contributed by atoms with Gasteiger partial charge in [-0.2, -0.15) is 0 Å². The third kappa shape index (κ3) is 3.51. The predicted molar refractivity (Wildman–Crippen MR) is 87.7 cm³/mol. The number of nitrogens with zero attached hydrogens (tertiary/aromatic N) is 1. The first-order chi connectivity index (χ1) is 10.2. The van der Waals surface area contributed by atoms with Gasteiger partial charge in [0.1, 0.15) is 5.82 Å². The van der Waals surface area contributed by atoms with Crippen LogP contribution in [-0.2, 0) is 0 Å². The molecule has 0 bridgehead atoms. The van der Waals surface area contributed by atoms with E-state index >= 15 is 0 Å². The van der Waals surface area contributed by atoms with Crippen LogP contribution in [0.5, 0.6) is 0 Å². The van der Waals surface area contributed by atoms with Crippen molar-refractivity contribution < 1.29 is 4.79 Å². The van der Waals surface area contributed by atoms with Crippen molar-refractivity contribution in [3.8, 4) is 0 Å². The summed E-state index contributed by atoms with van der Waals surface area (Å²) in [5, 5.41) is 8.02. The summed E-state index contributed by atoms with van der Waals surface area (Å²) in [4.78, 5) is 16.8. The van der Waals surface area contributed by atoms with Gasteiger partial charge in [-0.05, 0) is 18.7 Å². The number of hydrogen-bond donors (Lipinski definition) is 2. The number of nitrogens with one attached hydrogen (secondary N) is 2. The van der Waals surface area contributed by atoms with E-state index in [2.05, 4.69) is 22.5 Å². The van der Waals surface area contributed by atoms with Crippen LogP contribution < -0.4 is 10.6 Å². The molecule has 2 N–H and O–H groups in total. The van der Waals surface area contributed by atoms with Gasteiger partial charge in [0.2, 0.25) is 0 Å². The number of pyridine rings is 1. The lowest BCUT2D eigenvalue weighted by molar-refractivity contribution is 0.0939. The summed E-state index contributed by atoms with van der Waals surface area (Å²) in [6, 6.07) is 8.02. The third-order valence-corrected chi connectivity index (χ3v) is 3.64. The van der Waals surface area contributed by atoms with Crippen LogP contribution in [0.25, 0.3) is 10.8 Å². The first-order valence-corrected chi connectivity index (χ1v) is 7.53. The molecule has 1 heterocycles. The highest BCUT2D eigenvalue weighted by Crippen LogP contribution is 2.24. The van der Waals surface area contributed by atoms with Gasteiger partial charge in [0, 0.05) is 24.7 Å². The SMILES string of the molecule is CCCCC(C)NC(=O)c1cnc(NC)c2ccccc12. The van der Waals surface area contributed by atoms with Gasteiger partial charge in [0.25, 0.3) is 5.91 Å². The van der Waals surface area contributed by atoms with E-state index < -0.39 is 0 Å². The van der Waals surface area contributed by atoms with Gasteiger partial charge in [-0.15, -0.1) is 0 Å². The number of rotatable bonds is 6. The number of anilines is 1. The van der Waals surface area contributed by atoms with E-state index in [0.29, 0.717) is 5.56 Å². The molecule has 0 radical (unpaired) electrons. The number of amides is 1. The van der Waals surface area contributed by atoms with E-state index in [4.69, 9.17) is 0 Å². The van der Waals surface area contributed by atoms with Gasteiger partial charge < -0.3 is 10.6 Å². The molecule has 2 aromatic rings. The molecule has 112 valence electrons. The lowest BCUT2D eigenvalue weighted by Crippen LogP contribution is -2.32. The molecule has 4 nitrogen and oxygen atoms in total. The second-order valence-corrected chi connectivity index (χ2v) is 5.33. The molecular formula is C17H23N3O. The van der Waals surface area contributed by atoms with Crippen molar-refractivity contribution in [2.45, 2.75) is 39.2 Å². The fourth-order valence-electron chi connectivity index (χ4n) is 2.46. The van der Waals surface area contributed by atoms with Crippen molar-refractivity contribution in [2.24, 2.45) is 0 Å². The molecule has 21 heavy (non-hydrogen) atoms. The first kappa shape index (κ1) is 15.3. The summed E-state index contributed by atoms with van der Waals surface area (Å²) in [5.74, 6) is 0.742. The second kappa shape index (κ2) is 7.07.